The van der Waals surface area contributed by atoms with Gasteiger partial charge in [0, 0.05) is 19.2 Å². The predicted octanol–water partition coefficient (Wildman–Crippen LogP) is 4.02. The number of nitrogens with zero attached hydrogens (tertiary/aromatic N) is 1. The molecule has 0 aromatic heterocycles. The maximum atomic E-state index is 12.4. The van der Waals surface area contributed by atoms with E-state index in [1.54, 1.807) is 29.8 Å². The molecule has 1 rings (SSSR count). The lowest BCUT2D eigenvalue weighted by atomic mass is 10.1. The van der Waals surface area contributed by atoms with Crippen LogP contribution in [0.3, 0.4) is 0 Å². The molecule has 8 heteroatoms. The molecule has 174 valence electrons. The molecule has 0 fully saturated rings. The summed E-state index contributed by atoms with van der Waals surface area (Å²) in [4.78, 5) is 25.8. The quantitative estimate of drug-likeness (QED) is 0.145. The van der Waals surface area contributed by atoms with E-state index >= 15 is 0 Å². The largest absolute Gasteiger partial charge is 0.490 e. The van der Waals surface area contributed by atoms with Crippen LogP contribution in [0.5, 0.6) is 5.75 Å². The van der Waals surface area contributed by atoms with Crippen LogP contribution in [-0.4, -0.2) is 54.8 Å². The monoisotopic (exact) mass is 434 g/mol. The van der Waals surface area contributed by atoms with Gasteiger partial charge in [-0.25, -0.2) is 10.3 Å². The van der Waals surface area contributed by atoms with Gasteiger partial charge >= 0.3 is 6.03 Å². The van der Waals surface area contributed by atoms with Gasteiger partial charge in [-0.3, -0.25) is 10.0 Å². The number of ether oxygens (including phenoxy) is 1. The molecule has 0 aliphatic rings. The van der Waals surface area contributed by atoms with Gasteiger partial charge in [0.1, 0.15) is 12.4 Å². The number of unbranched alkanes of at least 4 members (excludes halogenated alkanes) is 4. The Bertz CT molecular complexity index is 690. The molecule has 4 N–H and O–H groups in total. The molecule has 0 bridgehead atoms. The number of nitrogens with one attached hydrogen (secondary N) is 3. The van der Waals surface area contributed by atoms with Crippen molar-refractivity contribution in [3.8, 4) is 5.75 Å². The molecule has 0 saturated carbocycles. The summed E-state index contributed by atoms with van der Waals surface area (Å²) in [5.41, 5.74) is 2.76. The zero-order valence-corrected chi connectivity index (χ0v) is 19.1. The molecule has 0 aliphatic heterocycles. The average molecular weight is 435 g/mol. The van der Waals surface area contributed by atoms with Crippen molar-refractivity contribution in [3.05, 3.63) is 29.8 Å². The molecule has 3 amide bonds. The predicted molar refractivity (Wildman–Crippen MR) is 124 cm³/mol. The van der Waals surface area contributed by atoms with Crippen molar-refractivity contribution in [1.82, 2.24) is 15.7 Å². The third-order valence-electron chi connectivity index (χ3n) is 4.91. The maximum absolute atomic E-state index is 12.4. The van der Waals surface area contributed by atoms with Gasteiger partial charge < -0.3 is 20.3 Å². The van der Waals surface area contributed by atoms with Crippen LogP contribution in [0.1, 0.15) is 58.4 Å². The highest BCUT2D eigenvalue weighted by molar-refractivity contribution is 5.93. The fraction of sp³-hybridized carbons (Fsp3) is 0.565. The highest BCUT2D eigenvalue weighted by Crippen LogP contribution is 2.26. The van der Waals surface area contributed by atoms with E-state index in [1.165, 1.54) is 25.3 Å². The Hall–Kier alpha value is -2.58. The Morgan fingerprint density at radius 2 is 1.84 bits per heavy atom. The second kappa shape index (κ2) is 16.2. The van der Waals surface area contributed by atoms with Gasteiger partial charge in [-0.15, -0.1) is 0 Å². The first kappa shape index (κ1) is 26.5. The van der Waals surface area contributed by atoms with Crippen molar-refractivity contribution in [3.63, 3.8) is 0 Å². The maximum Gasteiger partial charge on any atom is 0.319 e. The third-order valence-corrected chi connectivity index (χ3v) is 4.91. The normalized spacial score (nSPS) is 11.0. The fourth-order valence-electron chi connectivity index (χ4n) is 3.01. The van der Waals surface area contributed by atoms with Crippen LogP contribution in [0.25, 0.3) is 6.08 Å². The highest BCUT2D eigenvalue weighted by Gasteiger charge is 2.10. The summed E-state index contributed by atoms with van der Waals surface area (Å²) in [5, 5.41) is 14.3. The average Bonchev–Trinajstić information content (AvgIpc) is 2.78. The Kier molecular flexibility index (Phi) is 13.8. The number of rotatable bonds is 15. The number of anilines is 1. The lowest BCUT2D eigenvalue weighted by Crippen LogP contribution is -2.30. The molecule has 0 radical (unpaired) electrons. The molecular formula is C23H38N4O4. The Morgan fingerprint density at radius 3 is 2.52 bits per heavy atom. The van der Waals surface area contributed by atoms with Crippen LogP contribution < -0.4 is 20.9 Å². The molecule has 1 aromatic carbocycles. The van der Waals surface area contributed by atoms with E-state index in [0.717, 1.165) is 32.5 Å². The van der Waals surface area contributed by atoms with E-state index in [2.05, 4.69) is 36.3 Å². The zero-order valence-electron chi connectivity index (χ0n) is 19.1. The standard InChI is InChI=1S/C23H38N4O4/c1-4-7-8-9-10-15-24-23(29)25-20-18-19(12-14-22(28)26-30)11-13-21(20)31-17-16-27(5-2)6-3/h11-14,18,30H,4-10,15-17H2,1-3H3,(H,26,28)(H2,24,25,29)/b14-12+. The first-order chi connectivity index (χ1) is 15.0. The van der Waals surface area contributed by atoms with Crippen molar-refractivity contribution in [2.24, 2.45) is 0 Å². The number of hydrogen-bond donors (Lipinski definition) is 4. The van der Waals surface area contributed by atoms with Gasteiger partial charge in [0.25, 0.3) is 5.91 Å². The Morgan fingerprint density at radius 1 is 1.10 bits per heavy atom. The number of urea groups is 1. The van der Waals surface area contributed by atoms with E-state index in [9.17, 15) is 9.59 Å². The summed E-state index contributed by atoms with van der Waals surface area (Å²) in [5.74, 6) is -0.0658. The SMILES string of the molecule is CCCCCCCNC(=O)Nc1cc(/C=C/C(=O)NO)ccc1OCCN(CC)CC. The van der Waals surface area contributed by atoms with Crippen molar-refractivity contribution in [2.45, 2.75) is 52.9 Å². The van der Waals surface area contributed by atoms with E-state index in [1.807, 2.05) is 0 Å². The van der Waals surface area contributed by atoms with Gasteiger partial charge in [0.15, 0.2) is 0 Å². The first-order valence-corrected chi connectivity index (χ1v) is 11.2. The summed E-state index contributed by atoms with van der Waals surface area (Å²) < 4.78 is 5.92. The molecule has 0 spiro atoms. The molecule has 0 unspecified atom stereocenters. The topological polar surface area (TPSA) is 103 Å². The van der Waals surface area contributed by atoms with E-state index in [0.29, 0.717) is 30.2 Å². The molecule has 0 saturated heterocycles. The van der Waals surface area contributed by atoms with Crippen LogP contribution in [0.15, 0.2) is 24.3 Å². The minimum Gasteiger partial charge on any atom is -0.490 e. The van der Waals surface area contributed by atoms with Crippen molar-refractivity contribution in [1.29, 1.82) is 0 Å². The van der Waals surface area contributed by atoms with Crippen LogP contribution in [0.2, 0.25) is 0 Å². The van der Waals surface area contributed by atoms with Crippen LogP contribution in [0.4, 0.5) is 10.5 Å². The highest BCUT2D eigenvalue weighted by atomic mass is 16.5. The number of hydroxylamine groups is 1. The van der Waals surface area contributed by atoms with Gasteiger partial charge in [-0.05, 0) is 43.3 Å². The fourth-order valence-corrected chi connectivity index (χ4v) is 3.01. The van der Waals surface area contributed by atoms with E-state index in [4.69, 9.17) is 9.94 Å². The van der Waals surface area contributed by atoms with Crippen molar-refractivity contribution in [2.75, 3.05) is 38.1 Å². The van der Waals surface area contributed by atoms with Crippen LogP contribution in [0, 0.1) is 0 Å². The van der Waals surface area contributed by atoms with Crippen molar-refractivity contribution >= 4 is 23.7 Å². The number of likely N-dealkylation sites (N-methyl/N-ethyl adjacent to an activating group) is 1. The third kappa shape index (κ3) is 11.4. The second-order valence-corrected chi connectivity index (χ2v) is 7.24. The van der Waals surface area contributed by atoms with E-state index < -0.39 is 5.91 Å². The number of carbonyl (C=O) groups is 2. The number of hydrogen-bond acceptors (Lipinski definition) is 5. The molecule has 0 atom stereocenters. The van der Waals surface area contributed by atoms with Crippen LogP contribution in [-0.2, 0) is 4.79 Å². The number of benzene rings is 1. The van der Waals surface area contributed by atoms with Gasteiger partial charge in [0.05, 0.1) is 5.69 Å². The van der Waals surface area contributed by atoms with Gasteiger partial charge in [-0.1, -0.05) is 52.5 Å². The van der Waals surface area contributed by atoms with Crippen molar-refractivity contribution < 1.29 is 19.5 Å². The lowest BCUT2D eigenvalue weighted by molar-refractivity contribution is -0.124. The molecule has 31 heavy (non-hydrogen) atoms. The summed E-state index contributed by atoms with van der Waals surface area (Å²) in [7, 11) is 0. The number of carbonyl (C=O) groups excluding carboxylic acids is 2. The van der Waals surface area contributed by atoms with E-state index in [-0.39, 0.29) is 6.03 Å². The minimum absolute atomic E-state index is 0.293. The smallest absolute Gasteiger partial charge is 0.319 e. The summed E-state index contributed by atoms with van der Waals surface area (Å²) >= 11 is 0. The first-order valence-electron chi connectivity index (χ1n) is 11.2. The molecule has 0 heterocycles. The van der Waals surface area contributed by atoms with Crippen LogP contribution >= 0.6 is 0 Å². The van der Waals surface area contributed by atoms with Gasteiger partial charge in [-0.2, -0.15) is 0 Å². The van der Waals surface area contributed by atoms with Gasteiger partial charge in [0.2, 0.25) is 0 Å². The molecule has 0 aliphatic carbocycles. The molecule has 1 aromatic rings. The summed E-state index contributed by atoms with van der Waals surface area (Å²) in [6.07, 6.45) is 8.38. The second-order valence-electron chi connectivity index (χ2n) is 7.24. The lowest BCUT2D eigenvalue weighted by Gasteiger charge is -2.19. The summed E-state index contributed by atoms with van der Waals surface area (Å²) in [6.45, 7) is 10.2. The Balaban J connectivity index is 2.76. The molecule has 8 nitrogen and oxygen atoms in total. The summed E-state index contributed by atoms with van der Waals surface area (Å²) in [6, 6.07) is 4.98. The minimum atomic E-state index is -0.630. The zero-order chi connectivity index (χ0) is 22.9. The Labute approximate surface area is 186 Å². The molecular weight excluding hydrogens is 396 g/mol. The number of amides is 3.